The Bertz CT molecular complexity index is 762. The summed E-state index contributed by atoms with van der Waals surface area (Å²) in [5.74, 6) is 3.11. The van der Waals surface area contributed by atoms with Gasteiger partial charge in [-0.05, 0) is 29.7 Å². The molecular formula is C21H28N4O2. The van der Waals surface area contributed by atoms with Crippen LogP contribution in [0.4, 0.5) is 5.69 Å². The van der Waals surface area contributed by atoms with E-state index in [4.69, 9.17) is 9.47 Å². The molecule has 1 aromatic carbocycles. The zero-order valence-corrected chi connectivity index (χ0v) is 16.2. The van der Waals surface area contributed by atoms with E-state index in [1.54, 1.807) is 13.2 Å². The van der Waals surface area contributed by atoms with Gasteiger partial charge >= 0.3 is 0 Å². The summed E-state index contributed by atoms with van der Waals surface area (Å²) in [6, 6.07) is 9.97. The zero-order valence-electron chi connectivity index (χ0n) is 16.2. The Balaban J connectivity index is 1.65. The Labute approximate surface area is 161 Å². The van der Waals surface area contributed by atoms with Gasteiger partial charge in [0, 0.05) is 50.1 Å². The molecule has 0 amide bonds. The van der Waals surface area contributed by atoms with Crippen molar-refractivity contribution in [3.63, 3.8) is 0 Å². The number of hydrogen-bond donors (Lipinski definition) is 2. The predicted molar refractivity (Wildman–Crippen MR) is 109 cm³/mol. The van der Waals surface area contributed by atoms with Crippen LogP contribution >= 0.6 is 0 Å². The fourth-order valence-corrected chi connectivity index (χ4v) is 3.10. The van der Waals surface area contributed by atoms with Gasteiger partial charge in [0.2, 0.25) is 0 Å². The van der Waals surface area contributed by atoms with E-state index in [1.165, 1.54) is 5.56 Å². The van der Waals surface area contributed by atoms with Crippen LogP contribution in [-0.4, -0.2) is 37.7 Å². The molecule has 2 heterocycles. The van der Waals surface area contributed by atoms with E-state index in [1.807, 2.05) is 30.5 Å². The number of ether oxygens (including phenoxy) is 2. The monoisotopic (exact) mass is 368 g/mol. The van der Waals surface area contributed by atoms with E-state index in [-0.39, 0.29) is 0 Å². The fourth-order valence-electron chi connectivity index (χ4n) is 3.10. The quantitative estimate of drug-likeness (QED) is 0.623. The summed E-state index contributed by atoms with van der Waals surface area (Å²) in [7, 11) is 1.77. The van der Waals surface area contributed by atoms with Gasteiger partial charge in [0.05, 0.1) is 13.2 Å². The number of aromatic nitrogens is 1. The molecule has 0 spiro atoms. The first-order valence-electron chi connectivity index (χ1n) is 9.44. The van der Waals surface area contributed by atoms with Crippen molar-refractivity contribution in [2.45, 2.75) is 26.2 Å². The second kappa shape index (κ2) is 9.26. The lowest BCUT2D eigenvalue weighted by molar-refractivity contribution is 0.297. The first kappa shape index (κ1) is 19.0. The number of aliphatic imine (C=N–C) groups is 1. The highest BCUT2D eigenvalue weighted by Crippen LogP contribution is 2.32. The number of pyridine rings is 1. The fraction of sp³-hybridized carbons (Fsp3) is 0.429. The molecule has 0 saturated heterocycles. The molecule has 0 saturated carbocycles. The summed E-state index contributed by atoms with van der Waals surface area (Å²) in [5, 5.41) is 6.76. The maximum Gasteiger partial charge on any atom is 0.195 e. The van der Waals surface area contributed by atoms with Crippen LogP contribution in [0.25, 0.3) is 0 Å². The van der Waals surface area contributed by atoms with Crippen molar-refractivity contribution in [1.82, 2.24) is 10.3 Å². The summed E-state index contributed by atoms with van der Waals surface area (Å²) < 4.78 is 11.4. The molecule has 1 aliphatic rings. The maximum absolute atomic E-state index is 5.76. The SMILES string of the molecule is CN=C(NCC(c1cccnc1)C(C)C)Nc1ccc2c(c1)OCCCO2. The van der Waals surface area contributed by atoms with Crippen LogP contribution in [0, 0.1) is 5.92 Å². The van der Waals surface area contributed by atoms with E-state index in [0.717, 1.165) is 36.1 Å². The average Bonchev–Trinajstić information content (AvgIpc) is 2.92. The Morgan fingerprint density at radius 2 is 2.00 bits per heavy atom. The number of guanidine groups is 1. The molecule has 0 fully saturated rings. The molecule has 2 aromatic rings. The summed E-state index contributed by atoms with van der Waals surface area (Å²) in [5.41, 5.74) is 2.14. The van der Waals surface area contributed by atoms with Gasteiger partial charge in [0.1, 0.15) is 0 Å². The van der Waals surface area contributed by atoms with Crippen molar-refractivity contribution >= 4 is 11.6 Å². The Morgan fingerprint density at radius 3 is 2.70 bits per heavy atom. The van der Waals surface area contributed by atoms with Gasteiger partial charge in [-0.25, -0.2) is 0 Å². The topological polar surface area (TPSA) is 67.8 Å². The standard InChI is InChI=1S/C21H28N4O2/c1-15(2)18(16-6-4-9-23-13-16)14-24-21(22-3)25-17-7-8-19-20(12-17)27-11-5-10-26-19/h4,6-9,12-13,15,18H,5,10-11,14H2,1-3H3,(H2,22,24,25). The van der Waals surface area contributed by atoms with Crippen LogP contribution in [0.15, 0.2) is 47.7 Å². The molecule has 1 unspecified atom stereocenters. The van der Waals surface area contributed by atoms with Gasteiger partial charge < -0.3 is 20.1 Å². The van der Waals surface area contributed by atoms with Gasteiger partial charge in [0.15, 0.2) is 17.5 Å². The van der Waals surface area contributed by atoms with E-state index >= 15 is 0 Å². The van der Waals surface area contributed by atoms with Crippen molar-refractivity contribution in [3.8, 4) is 11.5 Å². The molecule has 1 aromatic heterocycles. The van der Waals surface area contributed by atoms with E-state index in [0.29, 0.717) is 25.0 Å². The second-order valence-electron chi connectivity index (χ2n) is 6.93. The van der Waals surface area contributed by atoms with Gasteiger partial charge in [0.25, 0.3) is 0 Å². The van der Waals surface area contributed by atoms with Gasteiger partial charge in [-0.15, -0.1) is 0 Å². The highest BCUT2D eigenvalue weighted by molar-refractivity contribution is 5.93. The van der Waals surface area contributed by atoms with E-state index in [2.05, 4.69) is 40.5 Å². The first-order valence-corrected chi connectivity index (χ1v) is 9.44. The Hall–Kier alpha value is -2.76. The number of rotatable bonds is 5. The van der Waals surface area contributed by atoms with Crippen LogP contribution < -0.4 is 20.1 Å². The largest absolute Gasteiger partial charge is 0.490 e. The number of fused-ring (bicyclic) bond motifs is 1. The van der Waals surface area contributed by atoms with Crippen molar-refractivity contribution < 1.29 is 9.47 Å². The molecule has 27 heavy (non-hydrogen) atoms. The van der Waals surface area contributed by atoms with Crippen molar-refractivity contribution in [3.05, 3.63) is 48.3 Å². The second-order valence-corrected chi connectivity index (χ2v) is 6.93. The third-order valence-corrected chi connectivity index (χ3v) is 4.64. The minimum atomic E-state index is 0.348. The summed E-state index contributed by atoms with van der Waals surface area (Å²) >= 11 is 0. The first-order chi connectivity index (χ1) is 13.2. The van der Waals surface area contributed by atoms with Gasteiger partial charge in [-0.1, -0.05) is 19.9 Å². The average molecular weight is 368 g/mol. The number of nitrogens with zero attached hydrogens (tertiary/aromatic N) is 2. The van der Waals surface area contributed by atoms with Crippen molar-refractivity contribution in [1.29, 1.82) is 0 Å². The van der Waals surface area contributed by atoms with Crippen LogP contribution in [0.1, 0.15) is 31.7 Å². The summed E-state index contributed by atoms with van der Waals surface area (Å²) in [4.78, 5) is 8.60. The lowest BCUT2D eigenvalue weighted by Crippen LogP contribution is -2.35. The van der Waals surface area contributed by atoms with Crippen LogP contribution in [-0.2, 0) is 0 Å². The van der Waals surface area contributed by atoms with Gasteiger partial charge in [-0.2, -0.15) is 0 Å². The third-order valence-electron chi connectivity index (χ3n) is 4.64. The number of hydrogen-bond acceptors (Lipinski definition) is 4. The minimum absolute atomic E-state index is 0.348. The molecule has 6 heteroatoms. The van der Waals surface area contributed by atoms with Crippen molar-refractivity contribution in [2.24, 2.45) is 10.9 Å². The van der Waals surface area contributed by atoms with Crippen LogP contribution in [0.2, 0.25) is 0 Å². The number of benzene rings is 1. The van der Waals surface area contributed by atoms with Crippen molar-refractivity contribution in [2.75, 3.05) is 32.1 Å². The third kappa shape index (κ3) is 5.12. The molecule has 0 bridgehead atoms. The van der Waals surface area contributed by atoms with E-state index in [9.17, 15) is 0 Å². The summed E-state index contributed by atoms with van der Waals surface area (Å²) in [6.45, 7) is 6.57. The summed E-state index contributed by atoms with van der Waals surface area (Å²) in [6.07, 6.45) is 4.64. The smallest absolute Gasteiger partial charge is 0.195 e. The molecule has 1 aliphatic heterocycles. The molecule has 6 nitrogen and oxygen atoms in total. The Morgan fingerprint density at radius 1 is 1.19 bits per heavy atom. The zero-order chi connectivity index (χ0) is 19.1. The van der Waals surface area contributed by atoms with E-state index < -0.39 is 0 Å². The molecule has 0 aliphatic carbocycles. The maximum atomic E-state index is 5.76. The lowest BCUT2D eigenvalue weighted by atomic mass is 9.89. The molecule has 144 valence electrons. The molecular weight excluding hydrogens is 340 g/mol. The molecule has 2 N–H and O–H groups in total. The molecule has 1 atom stereocenters. The highest BCUT2D eigenvalue weighted by atomic mass is 16.5. The predicted octanol–water partition coefficient (Wildman–Crippen LogP) is 3.67. The van der Waals surface area contributed by atoms with Crippen LogP contribution in [0.3, 0.4) is 0 Å². The Kier molecular flexibility index (Phi) is 6.52. The molecule has 0 radical (unpaired) electrons. The van der Waals surface area contributed by atoms with Gasteiger partial charge in [-0.3, -0.25) is 9.98 Å². The minimum Gasteiger partial charge on any atom is -0.490 e. The lowest BCUT2D eigenvalue weighted by Gasteiger charge is -2.23. The normalized spacial score (nSPS) is 15.2. The number of nitrogens with one attached hydrogen (secondary N) is 2. The number of anilines is 1. The van der Waals surface area contributed by atoms with Crippen LogP contribution in [0.5, 0.6) is 11.5 Å². The highest BCUT2D eigenvalue weighted by Gasteiger charge is 2.17. The molecule has 3 rings (SSSR count).